The summed E-state index contributed by atoms with van der Waals surface area (Å²) in [7, 11) is 0. The first kappa shape index (κ1) is 14.2. The molecule has 3 nitrogen and oxygen atoms in total. The molecular formula is C12H18ClFN2O. The first-order chi connectivity index (χ1) is 7.74. The van der Waals surface area contributed by atoms with Gasteiger partial charge < -0.3 is 10.5 Å². The third-order valence-electron chi connectivity index (χ3n) is 2.80. The van der Waals surface area contributed by atoms with Crippen LogP contribution in [0.4, 0.5) is 4.39 Å². The van der Waals surface area contributed by atoms with E-state index in [2.05, 4.69) is 4.90 Å². The molecule has 1 aromatic rings. The minimum atomic E-state index is -0.238. The van der Waals surface area contributed by atoms with Crippen LogP contribution in [0.3, 0.4) is 0 Å². The molecule has 2 rings (SSSR count). The Morgan fingerprint density at radius 3 is 2.65 bits per heavy atom. The molecule has 0 aliphatic carbocycles. The lowest BCUT2D eigenvalue weighted by molar-refractivity contribution is 0.236. The van der Waals surface area contributed by atoms with E-state index in [4.69, 9.17) is 10.5 Å². The fraction of sp³-hybridized carbons (Fsp3) is 0.500. The zero-order valence-electron chi connectivity index (χ0n) is 9.64. The second-order valence-corrected chi connectivity index (χ2v) is 4.15. The van der Waals surface area contributed by atoms with Crippen LogP contribution < -0.4 is 10.5 Å². The Morgan fingerprint density at radius 2 is 2.06 bits per heavy atom. The molecule has 0 radical (unpaired) electrons. The van der Waals surface area contributed by atoms with Gasteiger partial charge in [-0.05, 0) is 37.2 Å². The average molecular weight is 261 g/mol. The lowest BCUT2D eigenvalue weighted by atomic mass is 10.3. The number of hydrogen-bond acceptors (Lipinski definition) is 3. The highest BCUT2D eigenvalue weighted by Gasteiger charge is 2.18. The van der Waals surface area contributed by atoms with Crippen molar-refractivity contribution in [3.05, 3.63) is 30.1 Å². The highest BCUT2D eigenvalue weighted by molar-refractivity contribution is 5.85. The van der Waals surface area contributed by atoms with Gasteiger partial charge in [0.15, 0.2) is 0 Å². The maximum atomic E-state index is 12.6. The third kappa shape index (κ3) is 4.50. The molecule has 2 N–H and O–H groups in total. The number of nitrogens with two attached hydrogens (primary N) is 1. The van der Waals surface area contributed by atoms with Crippen molar-refractivity contribution >= 4 is 12.4 Å². The fourth-order valence-corrected chi connectivity index (χ4v) is 1.89. The van der Waals surface area contributed by atoms with E-state index >= 15 is 0 Å². The summed E-state index contributed by atoms with van der Waals surface area (Å²) in [6, 6.07) is 6.41. The summed E-state index contributed by atoms with van der Waals surface area (Å²) in [5, 5.41) is 0. The molecule has 0 aromatic heterocycles. The highest BCUT2D eigenvalue weighted by Crippen LogP contribution is 2.11. The van der Waals surface area contributed by atoms with Crippen LogP contribution in [0, 0.1) is 5.82 Å². The van der Waals surface area contributed by atoms with E-state index in [1.165, 1.54) is 12.1 Å². The summed E-state index contributed by atoms with van der Waals surface area (Å²) in [5.41, 5.74) is 5.80. The third-order valence-corrected chi connectivity index (χ3v) is 2.80. The van der Waals surface area contributed by atoms with Crippen molar-refractivity contribution in [1.29, 1.82) is 0 Å². The van der Waals surface area contributed by atoms with Crippen LogP contribution in [0.2, 0.25) is 0 Å². The van der Waals surface area contributed by atoms with Crippen LogP contribution in [0.25, 0.3) is 0 Å². The SMILES string of the molecule is Cl.NC1CCN(CCOc2ccc(F)cc2)C1. The van der Waals surface area contributed by atoms with Gasteiger partial charge in [0.25, 0.3) is 0 Å². The predicted molar refractivity (Wildman–Crippen MR) is 68.2 cm³/mol. The summed E-state index contributed by atoms with van der Waals surface area (Å²) >= 11 is 0. The molecule has 1 heterocycles. The molecule has 17 heavy (non-hydrogen) atoms. The number of likely N-dealkylation sites (tertiary alicyclic amines) is 1. The number of nitrogens with zero attached hydrogens (tertiary/aromatic N) is 1. The van der Waals surface area contributed by atoms with E-state index < -0.39 is 0 Å². The van der Waals surface area contributed by atoms with Gasteiger partial charge in [0.1, 0.15) is 18.2 Å². The lowest BCUT2D eigenvalue weighted by Gasteiger charge is -2.15. The molecule has 0 saturated carbocycles. The number of rotatable bonds is 4. The van der Waals surface area contributed by atoms with Crippen molar-refractivity contribution in [2.45, 2.75) is 12.5 Å². The van der Waals surface area contributed by atoms with Gasteiger partial charge in [-0.3, -0.25) is 4.90 Å². The molecule has 1 aliphatic rings. The van der Waals surface area contributed by atoms with Gasteiger partial charge in [0, 0.05) is 19.1 Å². The van der Waals surface area contributed by atoms with Gasteiger partial charge in [0.05, 0.1) is 0 Å². The van der Waals surface area contributed by atoms with Crippen molar-refractivity contribution in [3.8, 4) is 5.75 Å². The summed E-state index contributed by atoms with van der Waals surface area (Å²) in [5.74, 6) is 0.475. The van der Waals surface area contributed by atoms with E-state index in [-0.39, 0.29) is 18.2 Å². The largest absolute Gasteiger partial charge is 0.492 e. The molecule has 1 atom stereocenters. The van der Waals surface area contributed by atoms with Crippen LogP contribution in [-0.2, 0) is 0 Å². The Bertz CT molecular complexity index is 334. The Hall–Kier alpha value is -0.840. The van der Waals surface area contributed by atoms with Crippen molar-refractivity contribution < 1.29 is 9.13 Å². The number of ether oxygens (including phenoxy) is 1. The molecule has 0 amide bonds. The number of hydrogen-bond donors (Lipinski definition) is 1. The van der Waals surface area contributed by atoms with E-state index in [1.807, 2.05) is 0 Å². The minimum Gasteiger partial charge on any atom is -0.492 e. The Kier molecular flexibility index (Phi) is 5.68. The molecule has 5 heteroatoms. The Balaban J connectivity index is 0.00000144. The molecule has 1 unspecified atom stereocenters. The summed E-state index contributed by atoms with van der Waals surface area (Å²) < 4.78 is 18.1. The van der Waals surface area contributed by atoms with Crippen molar-refractivity contribution in [2.75, 3.05) is 26.2 Å². The molecule has 96 valence electrons. The molecule has 0 bridgehead atoms. The standard InChI is InChI=1S/C12H17FN2O.ClH/c13-10-1-3-12(4-2-10)16-8-7-15-6-5-11(14)9-15;/h1-4,11H,5-9,14H2;1H. The molecule has 1 aromatic carbocycles. The second kappa shape index (κ2) is 6.79. The monoisotopic (exact) mass is 260 g/mol. The first-order valence-corrected chi connectivity index (χ1v) is 5.60. The zero-order valence-corrected chi connectivity index (χ0v) is 10.5. The zero-order chi connectivity index (χ0) is 11.4. The number of benzene rings is 1. The van der Waals surface area contributed by atoms with Crippen LogP contribution in [-0.4, -0.2) is 37.2 Å². The lowest BCUT2D eigenvalue weighted by Crippen LogP contribution is -2.29. The van der Waals surface area contributed by atoms with E-state index in [9.17, 15) is 4.39 Å². The van der Waals surface area contributed by atoms with Gasteiger partial charge in [-0.2, -0.15) is 0 Å². The molecule has 1 fully saturated rings. The van der Waals surface area contributed by atoms with Gasteiger partial charge in [-0.25, -0.2) is 4.39 Å². The van der Waals surface area contributed by atoms with Crippen LogP contribution in [0.5, 0.6) is 5.75 Å². The summed E-state index contributed by atoms with van der Waals surface area (Å²) in [6.07, 6.45) is 1.07. The number of halogens is 2. The summed E-state index contributed by atoms with van der Waals surface area (Å²) in [6.45, 7) is 3.50. The van der Waals surface area contributed by atoms with Crippen LogP contribution in [0.1, 0.15) is 6.42 Å². The van der Waals surface area contributed by atoms with E-state index in [0.717, 1.165) is 26.1 Å². The highest BCUT2D eigenvalue weighted by atomic mass is 35.5. The summed E-state index contributed by atoms with van der Waals surface area (Å²) in [4.78, 5) is 2.29. The normalized spacial score (nSPS) is 20.0. The minimum absolute atomic E-state index is 0. The Morgan fingerprint density at radius 1 is 1.35 bits per heavy atom. The smallest absolute Gasteiger partial charge is 0.123 e. The molecule has 1 saturated heterocycles. The van der Waals surface area contributed by atoms with Gasteiger partial charge in [0.2, 0.25) is 0 Å². The van der Waals surface area contributed by atoms with E-state index in [1.54, 1.807) is 12.1 Å². The maximum Gasteiger partial charge on any atom is 0.123 e. The fourth-order valence-electron chi connectivity index (χ4n) is 1.89. The second-order valence-electron chi connectivity index (χ2n) is 4.15. The van der Waals surface area contributed by atoms with Crippen molar-refractivity contribution in [3.63, 3.8) is 0 Å². The van der Waals surface area contributed by atoms with Gasteiger partial charge in [-0.1, -0.05) is 0 Å². The first-order valence-electron chi connectivity index (χ1n) is 5.60. The predicted octanol–water partition coefficient (Wildman–Crippen LogP) is 1.66. The quantitative estimate of drug-likeness (QED) is 0.895. The van der Waals surface area contributed by atoms with E-state index in [0.29, 0.717) is 18.4 Å². The Labute approximate surface area is 107 Å². The van der Waals surface area contributed by atoms with Crippen LogP contribution in [0.15, 0.2) is 24.3 Å². The van der Waals surface area contributed by atoms with Gasteiger partial charge in [-0.15, -0.1) is 12.4 Å². The van der Waals surface area contributed by atoms with Crippen molar-refractivity contribution in [2.24, 2.45) is 5.73 Å². The molecule has 0 spiro atoms. The molecule has 1 aliphatic heterocycles. The van der Waals surface area contributed by atoms with Crippen LogP contribution >= 0.6 is 12.4 Å². The maximum absolute atomic E-state index is 12.6. The average Bonchev–Trinajstić information content (AvgIpc) is 2.67. The van der Waals surface area contributed by atoms with Crippen molar-refractivity contribution in [1.82, 2.24) is 4.90 Å². The van der Waals surface area contributed by atoms with Gasteiger partial charge >= 0.3 is 0 Å². The molecular weight excluding hydrogens is 243 g/mol. The topological polar surface area (TPSA) is 38.5 Å².